The fourth-order valence-electron chi connectivity index (χ4n) is 5.00. The Kier molecular flexibility index (Phi) is 11.4. The van der Waals surface area contributed by atoms with Crippen molar-refractivity contribution in [2.75, 3.05) is 26.9 Å². The highest BCUT2D eigenvalue weighted by atomic mass is 79.9. The van der Waals surface area contributed by atoms with Crippen LogP contribution in [0.2, 0.25) is 5.02 Å². The van der Waals surface area contributed by atoms with E-state index in [1.54, 1.807) is 38.1 Å². The van der Waals surface area contributed by atoms with Gasteiger partial charge in [-0.15, -0.1) is 0 Å². The molecular weight excluding hydrogens is 724 g/mol. The summed E-state index contributed by atoms with van der Waals surface area (Å²) < 4.78 is 30.2. The van der Waals surface area contributed by atoms with Gasteiger partial charge in [0.2, 0.25) is 0 Å². The summed E-state index contributed by atoms with van der Waals surface area (Å²) in [6.07, 6.45) is 1.77. The highest BCUT2D eigenvalue weighted by Gasteiger charge is 2.34. The predicted molar refractivity (Wildman–Crippen MR) is 185 cm³/mol. The van der Waals surface area contributed by atoms with Crippen molar-refractivity contribution in [1.82, 2.24) is 4.57 Å². The number of nitrogens with zero attached hydrogens (tertiary/aromatic N) is 2. The molecule has 0 spiro atoms. The number of aromatic nitrogens is 1. The van der Waals surface area contributed by atoms with Crippen LogP contribution < -0.4 is 29.1 Å². The minimum Gasteiger partial charge on any atom is -0.490 e. The molecule has 0 unspecified atom stereocenters. The fraction of sp³-hybridized carbons (Fsp3) is 0.257. The van der Waals surface area contributed by atoms with Gasteiger partial charge in [0.05, 0.1) is 46.6 Å². The molecule has 1 aromatic heterocycles. The van der Waals surface area contributed by atoms with E-state index in [9.17, 15) is 14.4 Å². The number of rotatable bonds is 12. The van der Waals surface area contributed by atoms with Gasteiger partial charge in [-0.3, -0.25) is 9.36 Å². The molecule has 0 saturated carbocycles. The van der Waals surface area contributed by atoms with Crippen molar-refractivity contribution in [2.45, 2.75) is 33.4 Å². The molecule has 0 aliphatic carbocycles. The highest BCUT2D eigenvalue weighted by molar-refractivity contribution is 9.10. The molecule has 2 heterocycles. The Morgan fingerprint density at radius 3 is 2.42 bits per heavy atom. The Hall–Kier alpha value is -4.39. The lowest BCUT2D eigenvalue weighted by atomic mass is 9.95. The molecule has 1 aliphatic rings. The van der Waals surface area contributed by atoms with Crippen molar-refractivity contribution in [3.63, 3.8) is 0 Å². The first-order valence-corrected chi connectivity index (χ1v) is 16.9. The number of allylic oxidation sites excluding steroid dienone is 1. The van der Waals surface area contributed by atoms with Crippen LogP contribution >= 0.6 is 38.9 Å². The second-order valence-corrected chi connectivity index (χ2v) is 12.7. The van der Waals surface area contributed by atoms with Crippen molar-refractivity contribution in [3.05, 3.63) is 118 Å². The molecule has 250 valence electrons. The Morgan fingerprint density at radius 1 is 0.979 bits per heavy atom. The third-order valence-electron chi connectivity index (χ3n) is 7.23. The van der Waals surface area contributed by atoms with Crippen molar-refractivity contribution in [2.24, 2.45) is 4.99 Å². The summed E-state index contributed by atoms with van der Waals surface area (Å²) in [7, 11) is 1.27. The monoisotopic (exact) mass is 754 g/mol. The van der Waals surface area contributed by atoms with Crippen molar-refractivity contribution >= 4 is 56.9 Å². The molecule has 0 amide bonds. The molecule has 3 aromatic carbocycles. The van der Waals surface area contributed by atoms with E-state index in [4.69, 9.17) is 30.5 Å². The number of carbonyl (C=O) groups excluding carboxylic acids is 2. The first-order chi connectivity index (χ1) is 23.1. The van der Waals surface area contributed by atoms with Gasteiger partial charge in [0.1, 0.15) is 12.4 Å². The number of esters is 2. The van der Waals surface area contributed by atoms with Crippen LogP contribution in [0.25, 0.3) is 6.08 Å². The zero-order valence-corrected chi connectivity index (χ0v) is 29.7. The molecule has 0 fully saturated rings. The van der Waals surface area contributed by atoms with Crippen molar-refractivity contribution in [1.29, 1.82) is 0 Å². The average Bonchev–Trinajstić information content (AvgIpc) is 3.37. The lowest BCUT2D eigenvalue weighted by molar-refractivity contribution is -0.143. The molecular formula is C35H32BrClN2O8S. The molecule has 10 nitrogen and oxygen atoms in total. The second kappa shape index (κ2) is 15.7. The number of methoxy groups -OCH3 is 1. The molecule has 13 heteroatoms. The minimum atomic E-state index is -0.869. The van der Waals surface area contributed by atoms with Gasteiger partial charge in [-0.05, 0) is 95.9 Å². The maximum Gasteiger partial charge on any atom is 0.343 e. The van der Waals surface area contributed by atoms with Gasteiger partial charge >= 0.3 is 11.9 Å². The Labute approximate surface area is 294 Å². The van der Waals surface area contributed by atoms with Gasteiger partial charge in [0.25, 0.3) is 5.56 Å². The van der Waals surface area contributed by atoms with Gasteiger partial charge in [0, 0.05) is 5.02 Å². The number of carbonyl (C=O) groups is 2. The zero-order valence-electron chi connectivity index (χ0n) is 26.6. The fourth-order valence-corrected chi connectivity index (χ4v) is 6.69. The minimum absolute atomic E-state index is 0.144. The summed E-state index contributed by atoms with van der Waals surface area (Å²) in [4.78, 5) is 44.2. The van der Waals surface area contributed by atoms with Crippen LogP contribution in [0, 0.1) is 0 Å². The van der Waals surface area contributed by atoms with E-state index in [1.165, 1.54) is 23.0 Å². The van der Waals surface area contributed by atoms with Crippen LogP contribution in [0.1, 0.15) is 43.5 Å². The Bertz CT molecular complexity index is 2060. The normalized spacial score (nSPS) is 14.2. The molecule has 0 bridgehead atoms. The van der Waals surface area contributed by atoms with Gasteiger partial charge in [-0.2, -0.15) is 0 Å². The average molecular weight is 756 g/mol. The van der Waals surface area contributed by atoms with E-state index >= 15 is 0 Å². The summed E-state index contributed by atoms with van der Waals surface area (Å²) in [6, 6.07) is 17.1. The standard InChI is InChI=1S/C35H32BrClN2O8S/c1-5-44-28-17-23(10-14-27(28)47-19-30(40)43-4)32-31(34(42)45-6-2)20(3)38-35-39(32)33(41)29(48-35)16-22-9-13-26(25(36)15-22)46-18-21-7-11-24(37)12-8-21/h7-17,32H,5-6,18-19H2,1-4H3/b29-16-/t32-/m0/s1. The first kappa shape index (κ1) is 34.9. The number of halogens is 2. The second-order valence-electron chi connectivity index (χ2n) is 10.4. The maximum atomic E-state index is 14.1. The van der Waals surface area contributed by atoms with E-state index in [1.807, 2.05) is 49.4 Å². The van der Waals surface area contributed by atoms with Crippen molar-refractivity contribution < 1.29 is 33.3 Å². The third-order valence-corrected chi connectivity index (χ3v) is 9.09. The highest BCUT2D eigenvalue weighted by Crippen LogP contribution is 2.36. The molecule has 0 N–H and O–H groups in total. The number of thiazole rings is 1. The molecule has 0 radical (unpaired) electrons. The van der Waals surface area contributed by atoms with Crippen LogP contribution in [0.15, 0.2) is 86.2 Å². The number of benzene rings is 3. The summed E-state index contributed by atoms with van der Waals surface area (Å²) in [5.41, 5.74) is 2.63. The number of fused-ring (bicyclic) bond motifs is 1. The van der Waals surface area contributed by atoms with Gasteiger partial charge in [-0.25, -0.2) is 14.6 Å². The lowest BCUT2D eigenvalue weighted by Crippen LogP contribution is -2.40. The third kappa shape index (κ3) is 7.83. The molecule has 5 rings (SSSR count). The molecule has 1 aliphatic heterocycles. The van der Waals surface area contributed by atoms with E-state index in [0.717, 1.165) is 11.1 Å². The van der Waals surface area contributed by atoms with Crippen molar-refractivity contribution in [3.8, 4) is 17.2 Å². The predicted octanol–water partition coefficient (Wildman–Crippen LogP) is 5.74. The molecule has 4 aromatic rings. The van der Waals surface area contributed by atoms with Gasteiger partial charge < -0.3 is 23.7 Å². The van der Waals surface area contributed by atoms with E-state index in [0.29, 0.717) is 60.6 Å². The largest absolute Gasteiger partial charge is 0.490 e. The van der Waals surface area contributed by atoms with Gasteiger partial charge in [0.15, 0.2) is 22.9 Å². The van der Waals surface area contributed by atoms with E-state index in [-0.39, 0.29) is 24.3 Å². The van der Waals surface area contributed by atoms with Crippen LogP contribution in [0.3, 0.4) is 0 Å². The quantitative estimate of drug-likeness (QED) is 0.168. The summed E-state index contributed by atoms with van der Waals surface area (Å²) in [6.45, 7) is 5.73. The number of hydrogen-bond donors (Lipinski definition) is 0. The topological polar surface area (TPSA) is 115 Å². The van der Waals surface area contributed by atoms with Crippen LogP contribution in [0.5, 0.6) is 17.2 Å². The SMILES string of the molecule is CCOC(=O)C1=C(C)N=c2s/c(=C\c3ccc(OCc4ccc(Cl)cc4)c(Br)c3)c(=O)n2[C@H]1c1ccc(OCC(=O)OC)c(OCC)c1. The smallest absolute Gasteiger partial charge is 0.343 e. The summed E-state index contributed by atoms with van der Waals surface area (Å²) in [5.74, 6) is 0.150. The van der Waals surface area contributed by atoms with Crippen LogP contribution in [0.4, 0.5) is 0 Å². The van der Waals surface area contributed by atoms with Gasteiger partial charge in [-0.1, -0.05) is 47.2 Å². The number of hydrogen-bond acceptors (Lipinski definition) is 10. The molecule has 1 atom stereocenters. The zero-order chi connectivity index (χ0) is 34.4. The van der Waals surface area contributed by atoms with E-state index < -0.39 is 18.0 Å². The summed E-state index contributed by atoms with van der Waals surface area (Å²) >= 11 is 10.8. The van der Waals surface area contributed by atoms with Crippen LogP contribution in [-0.2, 0) is 25.7 Å². The number of ether oxygens (including phenoxy) is 5. The Balaban J connectivity index is 1.54. The molecule has 48 heavy (non-hydrogen) atoms. The summed E-state index contributed by atoms with van der Waals surface area (Å²) in [5, 5.41) is 0.656. The first-order valence-electron chi connectivity index (χ1n) is 15.0. The van der Waals surface area contributed by atoms with Crippen LogP contribution in [-0.4, -0.2) is 43.4 Å². The Morgan fingerprint density at radius 2 is 1.73 bits per heavy atom. The van der Waals surface area contributed by atoms with E-state index in [2.05, 4.69) is 25.7 Å². The maximum absolute atomic E-state index is 14.1. The lowest BCUT2D eigenvalue weighted by Gasteiger charge is -2.25. The molecule has 0 saturated heterocycles.